The van der Waals surface area contributed by atoms with Crippen molar-refractivity contribution in [2.24, 2.45) is 0 Å². The van der Waals surface area contributed by atoms with Gasteiger partial charge >= 0.3 is 0 Å². The molecule has 1 aromatic heterocycles. The van der Waals surface area contributed by atoms with E-state index < -0.39 is 0 Å². The average molecular weight is 370 g/mol. The predicted molar refractivity (Wildman–Crippen MR) is 105 cm³/mol. The Morgan fingerprint density at radius 2 is 2.00 bits per heavy atom. The third kappa shape index (κ3) is 4.24. The Bertz CT molecular complexity index is 782. The number of carbonyl (C=O) groups excluding carboxylic acids is 1. The number of aryl methyl sites for hydroxylation is 2. The molecule has 1 amide bonds. The van der Waals surface area contributed by atoms with Crippen LogP contribution in [0.2, 0.25) is 0 Å². The zero-order valence-electron chi connectivity index (χ0n) is 16.8. The van der Waals surface area contributed by atoms with E-state index in [0.29, 0.717) is 24.3 Å². The number of aromatic nitrogens is 1. The second-order valence-corrected chi connectivity index (χ2v) is 8.10. The first kappa shape index (κ1) is 19.6. The van der Waals surface area contributed by atoms with E-state index >= 15 is 0 Å². The van der Waals surface area contributed by atoms with Crippen LogP contribution in [0, 0.1) is 6.92 Å². The third-order valence-corrected chi connectivity index (χ3v) is 5.61. The van der Waals surface area contributed by atoms with Gasteiger partial charge in [0.1, 0.15) is 11.3 Å². The third-order valence-electron chi connectivity index (χ3n) is 5.61. The fraction of sp³-hybridized carbons (Fsp3) is 0.545. The zero-order valence-corrected chi connectivity index (χ0v) is 16.8. The van der Waals surface area contributed by atoms with Gasteiger partial charge in [-0.25, -0.2) is 0 Å². The summed E-state index contributed by atoms with van der Waals surface area (Å²) < 4.78 is 11.2. The Kier molecular flexibility index (Phi) is 5.70. The summed E-state index contributed by atoms with van der Waals surface area (Å²) in [5.41, 5.74) is 2.46. The van der Waals surface area contributed by atoms with Crippen molar-refractivity contribution < 1.29 is 14.1 Å². The van der Waals surface area contributed by atoms with Gasteiger partial charge in [0, 0.05) is 18.6 Å². The number of ether oxygens (including phenoxy) is 1. The molecule has 5 nitrogen and oxygen atoms in total. The van der Waals surface area contributed by atoms with E-state index in [1.54, 1.807) is 6.92 Å². The lowest BCUT2D eigenvalue weighted by Gasteiger charge is -2.45. The Morgan fingerprint density at radius 3 is 2.67 bits per heavy atom. The number of nitrogens with one attached hydrogen (secondary N) is 1. The molecular weight excluding hydrogens is 340 g/mol. The van der Waals surface area contributed by atoms with Crippen LogP contribution in [-0.4, -0.2) is 29.8 Å². The van der Waals surface area contributed by atoms with E-state index in [9.17, 15) is 4.79 Å². The molecule has 0 radical (unpaired) electrons. The summed E-state index contributed by atoms with van der Waals surface area (Å²) in [6.07, 6.45) is 3.45. The Labute approximate surface area is 161 Å². The van der Waals surface area contributed by atoms with Gasteiger partial charge in [-0.1, -0.05) is 42.4 Å². The molecule has 27 heavy (non-hydrogen) atoms. The molecule has 1 N–H and O–H groups in total. The first-order valence-electron chi connectivity index (χ1n) is 9.80. The number of nitrogens with zero attached hydrogens (tertiary/aromatic N) is 1. The molecule has 5 heteroatoms. The van der Waals surface area contributed by atoms with Gasteiger partial charge in [-0.3, -0.25) is 4.79 Å². The van der Waals surface area contributed by atoms with Crippen LogP contribution in [0.15, 0.2) is 34.9 Å². The molecule has 0 saturated carbocycles. The lowest BCUT2D eigenvalue weighted by molar-refractivity contribution is -0.0838. The van der Waals surface area contributed by atoms with Crippen molar-refractivity contribution in [1.29, 1.82) is 0 Å². The molecule has 1 saturated heterocycles. The number of benzene rings is 1. The van der Waals surface area contributed by atoms with Gasteiger partial charge in [0.05, 0.1) is 11.3 Å². The molecule has 1 fully saturated rings. The molecule has 1 atom stereocenters. The topological polar surface area (TPSA) is 64.4 Å². The average Bonchev–Trinajstić information content (AvgIpc) is 3.02. The van der Waals surface area contributed by atoms with E-state index in [1.807, 2.05) is 13.0 Å². The predicted octanol–water partition coefficient (Wildman–Crippen LogP) is 4.19. The van der Waals surface area contributed by atoms with Gasteiger partial charge in [0.2, 0.25) is 0 Å². The molecule has 1 aliphatic rings. The monoisotopic (exact) mass is 370 g/mol. The minimum absolute atomic E-state index is 0.00751. The smallest absolute Gasteiger partial charge is 0.256 e. The van der Waals surface area contributed by atoms with Crippen molar-refractivity contribution in [3.63, 3.8) is 0 Å². The van der Waals surface area contributed by atoms with Gasteiger partial charge in [-0.2, -0.15) is 0 Å². The molecule has 0 aliphatic carbocycles. The van der Waals surface area contributed by atoms with Crippen LogP contribution >= 0.6 is 0 Å². The maximum atomic E-state index is 12.7. The van der Waals surface area contributed by atoms with Crippen molar-refractivity contribution in [3.05, 3.63) is 52.9 Å². The van der Waals surface area contributed by atoms with Gasteiger partial charge in [0.25, 0.3) is 5.91 Å². The lowest BCUT2D eigenvalue weighted by Crippen LogP contribution is -2.45. The van der Waals surface area contributed by atoms with Gasteiger partial charge in [0.15, 0.2) is 0 Å². The summed E-state index contributed by atoms with van der Waals surface area (Å²) in [5.74, 6) is 0.481. The van der Waals surface area contributed by atoms with Crippen LogP contribution < -0.4 is 5.32 Å². The number of carbonyl (C=O) groups is 1. The largest absolute Gasteiger partial charge is 0.376 e. The first-order chi connectivity index (χ1) is 12.9. The van der Waals surface area contributed by atoms with Gasteiger partial charge in [-0.05, 0) is 52.0 Å². The second-order valence-electron chi connectivity index (χ2n) is 8.10. The molecule has 3 rings (SSSR count). The Morgan fingerprint density at radius 1 is 1.26 bits per heavy atom. The zero-order chi connectivity index (χ0) is 19.5. The minimum atomic E-state index is -0.168. The molecule has 2 aromatic rings. The summed E-state index contributed by atoms with van der Waals surface area (Å²) in [4.78, 5) is 12.7. The number of amides is 1. The molecule has 0 spiro atoms. The minimum Gasteiger partial charge on any atom is -0.376 e. The van der Waals surface area contributed by atoms with E-state index in [-0.39, 0.29) is 16.9 Å². The molecule has 1 aromatic carbocycles. The molecule has 1 aliphatic heterocycles. The van der Waals surface area contributed by atoms with E-state index in [1.165, 1.54) is 5.56 Å². The van der Waals surface area contributed by atoms with E-state index in [4.69, 9.17) is 9.26 Å². The summed E-state index contributed by atoms with van der Waals surface area (Å²) in [7, 11) is 0. The Balaban J connectivity index is 1.74. The summed E-state index contributed by atoms with van der Waals surface area (Å²) in [5, 5.41) is 7.07. The Hall–Kier alpha value is -2.14. The molecule has 0 unspecified atom stereocenters. The van der Waals surface area contributed by atoms with Crippen LogP contribution in [0.3, 0.4) is 0 Å². The van der Waals surface area contributed by atoms with Crippen LogP contribution in [0.4, 0.5) is 0 Å². The van der Waals surface area contributed by atoms with Crippen molar-refractivity contribution in [1.82, 2.24) is 10.5 Å². The first-order valence-corrected chi connectivity index (χ1v) is 9.80. The fourth-order valence-corrected chi connectivity index (χ4v) is 4.33. The fourth-order valence-electron chi connectivity index (χ4n) is 4.33. The summed E-state index contributed by atoms with van der Waals surface area (Å²) in [6.45, 7) is 9.40. The lowest BCUT2D eigenvalue weighted by atomic mass is 9.67. The van der Waals surface area contributed by atoms with Crippen LogP contribution in [0.5, 0.6) is 0 Å². The van der Waals surface area contributed by atoms with Gasteiger partial charge in [-0.15, -0.1) is 0 Å². The molecule has 0 bridgehead atoms. The van der Waals surface area contributed by atoms with E-state index in [2.05, 4.69) is 48.6 Å². The van der Waals surface area contributed by atoms with Crippen molar-refractivity contribution >= 4 is 5.91 Å². The molecule has 146 valence electrons. The van der Waals surface area contributed by atoms with Crippen LogP contribution in [-0.2, 0) is 16.6 Å². The number of hydrogen-bond acceptors (Lipinski definition) is 4. The standard InChI is InChI=1S/C22H30N2O3/c1-5-18-19(16(2)27-24-18)20(25)23-13-11-22(17-9-7-6-8-10-17)12-14-26-21(3,4)15-22/h6-10H,5,11-15H2,1-4H3,(H,23,25)/t22-/m0/s1. The maximum Gasteiger partial charge on any atom is 0.256 e. The molecule has 2 heterocycles. The summed E-state index contributed by atoms with van der Waals surface area (Å²) in [6, 6.07) is 10.6. The van der Waals surface area contributed by atoms with Gasteiger partial charge < -0.3 is 14.6 Å². The quantitative estimate of drug-likeness (QED) is 0.828. The van der Waals surface area contributed by atoms with E-state index in [0.717, 1.165) is 31.6 Å². The summed E-state index contributed by atoms with van der Waals surface area (Å²) >= 11 is 0. The number of rotatable bonds is 6. The van der Waals surface area contributed by atoms with Crippen molar-refractivity contribution in [2.45, 2.75) is 64.4 Å². The SMILES string of the molecule is CCc1noc(C)c1C(=O)NCC[C@]1(c2ccccc2)CCOC(C)(C)C1. The number of hydrogen-bond donors (Lipinski definition) is 1. The van der Waals surface area contributed by atoms with Crippen molar-refractivity contribution in [3.8, 4) is 0 Å². The molecular formula is C22H30N2O3. The highest BCUT2D eigenvalue weighted by atomic mass is 16.5. The highest BCUT2D eigenvalue weighted by Crippen LogP contribution is 2.43. The highest BCUT2D eigenvalue weighted by Gasteiger charge is 2.41. The van der Waals surface area contributed by atoms with Crippen molar-refractivity contribution in [2.75, 3.05) is 13.2 Å². The van der Waals surface area contributed by atoms with Crippen LogP contribution in [0.1, 0.15) is 67.4 Å². The second kappa shape index (κ2) is 7.85. The highest BCUT2D eigenvalue weighted by molar-refractivity contribution is 5.96. The normalized spacial score (nSPS) is 21.8. The maximum absolute atomic E-state index is 12.7. The van der Waals surface area contributed by atoms with Crippen LogP contribution in [0.25, 0.3) is 0 Å².